The molecule has 0 fully saturated rings. The van der Waals surface area contributed by atoms with Gasteiger partial charge in [-0.15, -0.1) is 0 Å². The standard InChI is InChI=1S/C16H24N2O6S/c1-5-6-11-17(15(12(2)3)16(19)24-4)25(22,23)14-10-8-7-9-13(14)18(20)21/h7-10,12,15H,5-6,11H2,1-4H3/t15-/m0/s1. The van der Waals surface area contributed by atoms with E-state index in [2.05, 4.69) is 0 Å². The molecule has 0 unspecified atom stereocenters. The van der Waals surface area contributed by atoms with Crippen molar-refractivity contribution in [2.24, 2.45) is 5.92 Å². The quantitative estimate of drug-likeness (QED) is 0.375. The van der Waals surface area contributed by atoms with Gasteiger partial charge in [-0.05, 0) is 18.4 Å². The molecule has 0 bridgehead atoms. The molecule has 0 aromatic heterocycles. The van der Waals surface area contributed by atoms with Crippen LogP contribution in [0, 0.1) is 16.0 Å². The van der Waals surface area contributed by atoms with Crippen LogP contribution in [-0.2, 0) is 19.6 Å². The Labute approximate surface area is 148 Å². The van der Waals surface area contributed by atoms with E-state index in [0.717, 1.165) is 10.4 Å². The maximum absolute atomic E-state index is 13.1. The van der Waals surface area contributed by atoms with Crippen LogP contribution in [0.25, 0.3) is 0 Å². The minimum Gasteiger partial charge on any atom is -0.468 e. The minimum atomic E-state index is -4.26. The van der Waals surface area contributed by atoms with Crippen molar-refractivity contribution in [3.05, 3.63) is 34.4 Å². The zero-order valence-corrected chi connectivity index (χ0v) is 15.7. The summed E-state index contributed by atoms with van der Waals surface area (Å²) in [5.74, 6) is -1.05. The monoisotopic (exact) mass is 372 g/mol. The molecule has 0 saturated heterocycles. The molecule has 25 heavy (non-hydrogen) atoms. The van der Waals surface area contributed by atoms with Crippen LogP contribution in [0.5, 0.6) is 0 Å². The van der Waals surface area contributed by atoms with Gasteiger partial charge >= 0.3 is 5.97 Å². The Morgan fingerprint density at radius 1 is 1.32 bits per heavy atom. The zero-order chi connectivity index (χ0) is 19.2. The van der Waals surface area contributed by atoms with Gasteiger partial charge in [0.25, 0.3) is 15.7 Å². The highest BCUT2D eigenvalue weighted by Crippen LogP contribution is 2.29. The Balaban J connectivity index is 3.53. The van der Waals surface area contributed by atoms with Crippen LogP contribution < -0.4 is 0 Å². The predicted octanol–water partition coefficient (Wildman–Crippen LogP) is 2.58. The fourth-order valence-corrected chi connectivity index (χ4v) is 4.43. The molecule has 1 aromatic rings. The summed E-state index contributed by atoms with van der Waals surface area (Å²) < 4.78 is 32.1. The number of carbonyl (C=O) groups excluding carboxylic acids is 1. The Kier molecular flexibility index (Phi) is 7.50. The van der Waals surface area contributed by atoms with Gasteiger partial charge in [-0.2, -0.15) is 4.31 Å². The Bertz CT molecular complexity index is 717. The number of benzene rings is 1. The van der Waals surface area contributed by atoms with Gasteiger partial charge in [0.05, 0.1) is 12.0 Å². The van der Waals surface area contributed by atoms with Crippen LogP contribution in [0.4, 0.5) is 5.69 Å². The van der Waals surface area contributed by atoms with Crippen molar-refractivity contribution >= 4 is 21.7 Å². The van der Waals surface area contributed by atoms with Crippen LogP contribution >= 0.6 is 0 Å². The van der Waals surface area contributed by atoms with E-state index in [4.69, 9.17) is 4.74 Å². The molecule has 1 aromatic carbocycles. The van der Waals surface area contributed by atoms with E-state index >= 15 is 0 Å². The number of unbranched alkanes of at least 4 members (excludes halogenated alkanes) is 1. The SMILES string of the molecule is CCCCN([C@H](C(=O)OC)C(C)C)S(=O)(=O)c1ccccc1[N+](=O)[O-]. The summed E-state index contributed by atoms with van der Waals surface area (Å²) in [6.45, 7) is 5.37. The number of nitrogens with zero attached hydrogens (tertiary/aromatic N) is 2. The van der Waals surface area contributed by atoms with Gasteiger partial charge in [-0.25, -0.2) is 8.42 Å². The molecule has 9 heteroatoms. The van der Waals surface area contributed by atoms with E-state index < -0.39 is 37.5 Å². The summed E-state index contributed by atoms with van der Waals surface area (Å²) >= 11 is 0. The molecular weight excluding hydrogens is 348 g/mol. The van der Waals surface area contributed by atoms with Crippen molar-refractivity contribution < 1.29 is 22.9 Å². The zero-order valence-electron chi connectivity index (χ0n) is 14.8. The summed E-state index contributed by atoms with van der Waals surface area (Å²) in [5, 5.41) is 11.2. The summed E-state index contributed by atoms with van der Waals surface area (Å²) in [6, 6.07) is 4.07. The number of hydrogen-bond donors (Lipinski definition) is 0. The topological polar surface area (TPSA) is 107 Å². The van der Waals surface area contributed by atoms with Crippen molar-refractivity contribution in [2.75, 3.05) is 13.7 Å². The van der Waals surface area contributed by atoms with Gasteiger partial charge in [-0.1, -0.05) is 39.3 Å². The van der Waals surface area contributed by atoms with Gasteiger partial charge in [0, 0.05) is 12.6 Å². The maximum atomic E-state index is 13.1. The van der Waals surface area contributed by atoms with E-state index in [1.165, 1.54) is 25.3 Å². The Hall–Kier alpha value is -2.00. The molecule has 0 aliphatic carbocycles. The van der Waals surface area contributed by atoms with E-state index in [0.29, 0.717) is 12.8 Å². The fraction of sp³-hybridized carbons (Fsp3) is 0.562. The van der Waals surface area contributed by atoms with Gasteiger partial charge in [0.2, 0.25) is 0 Å². The summed E-state index contributed by atoms with van der Waals surface area (Å²) in [5.41, 5.74) is -0.517. The third kappa shape index (κ3) is 4.76. The lowest BCUT2D eigenvalue weighted by atomic mass is 10.0. The van der Waals surface area contributed by atoms with Gasteiger partial charge in [0.15, 0.2) is 4.90 Å². The van der Waals surface area contributed by atoms with Crippen molar-refractivity contribution in [1.29, 1.82) is 0 Å². The highest BCUT2D eigenvalue weighted by molar-refractivity contribution is 7.89. The fourth-order valence-electron chi connectivity index (χ4n) is 2.52. The van der Waals surface area contributed by atoms with Crippen molar-refractivity contribution in [2.45, 2.75) is 44.6 Å². The lowest BCUT2D eigenvalue weighted by Crippen LogP contribution is -2.49. The van der Waals surface area contributed by atoms with Crippen LogP contribution in [0.3, 0.4) is 0 Å². The highest BCUT2D eigenvalue weighted by Gasteiger charge is 2.40. The lowest BCUT2D eigenvalue weighted by Gasteiger charge is -2.31. The summed E-state index contributed by atoms with van der Waals surface area (Å²) in [6.07, 6.45) is 1.22. The number of ether oxygens (including phenoxy) is 1. The molecule has 0 radical (unpaired) electrons. The number of esters is 1. The third-order valence-electron chi connectivity index (χ3n) is 3.77. The van der Waals surface area contributed by atoms with Gasteiger partial charge in [-0.3, -0.25) is 14.9 Å². The van der Waals surface area contributed by atoms with E-state index in [-0.39, 0.29) is 12.5 Å². The second kappa shape index (κ2) is 8.91. The number of carbonyl (C=O) groups is 1. The Morgan fingerprint density at radius 2 is 1.92 bits per heavy atom. The molecular formula is C16H24N2O6S. The molecule has 1 rings (SSSR count). The largest absolute Gasteiger partial charge is 0.468 e. The first-order chi connectivity index (χ1) is 11.7. The molecule has 140 valence electrons. The van der Waals surface area contributed by atoms with Crippen LogP contribution in [-0.4, -0.2) is 43.3 Å². The van der Waals surface area contributed by atoms with E-state index in [9.17, 15) is 23.3 Å². The summed E-state index contributed by atoms with van der Waals surface area (Å²) in [7, 11) is -3.07. The number of rotatable bonds is 9. The normalized spacial score (nSPS) is 13.0. The molecule has 0 heterocycles. The molecule has 0 saturated carbocycles. The maximum Gasteiger partial charge on any atom is 0.324 e. The number of sulfonamides is 1. The average molecular weight is 372 g/mol. The third-order valence-corrected chi connectivity index (χ3v) is 5.69. The number of methoxy groups -OCH3 is 1. The van der Waals surface area contributed by atoms with Crippen LogP contribution in [0.1, 0.15) is 33.6 Å². The molecule has 0 aliphatic heterocycles. The molecule has 0 N–H and O–H groups in total. The van der Waals surface area contributed by atoms with Crippen LogP contribution in [0.15, 0.2) is 29.2 Å². The highest BCUT2D eigenvalue weighted by atomic mass is 32.2. The Morgan fingerprint density at radius 3 is 2.40 bits per heavy atom. The van der Waals surface area contributed by atoms with Crippen molar-refractivity contribution in [3.8, 4) is 0 Å². The molecule has 0 aliphatic rings. The lowest BCUT2D eigenvalue weighted by molar-refractivity contribution is -0.387. The molecule has 0 amide bonds. The molecule has 1 atom stereocenters. The van der Waals surface area contributed by atoms with Gasteiger partial charge in [0.1, 0.15) is 6.04 Å². The van der Waals surface area contributed by atoms with Crippen molar-refractivity contribution in [3.63, 3.8) is 0 Å². The number of nitro groups is 1. The second-order valence-electron chi connectivity index (χ2n) is 5.91. The predicted molar refractivity (Wildman–Crippen MR) is 92.5 cm³/mol. The first-order valence-electron chi connectivity index (χ1n) is 8.01. The number of nitro benzene ring substituents is 1. The second-order valence-corrected chi connectivity index (χ2v) is 7.77. The average Bonchev–Trinajstić information content (AvgIpc) is 2.57. The van der Waals surface area contributed by atoms with Crippen molar-refractivity contribution in [1.82, 2.24) is 4.31 Å². The molecule has 0 spiro atoms. The molecule has 8 nitrogen and oxygen atoms in total. The number of para-hydroxylation sites is 1. The van der Waals surface area contributed by atoms with Gasteiger partial charge < -0.3 is 4.74 Å². The minimum absolute atomic E-state index is 0.0723. The van der Waals surface area contributed by atoms with E-state index in [1.807, 2.05) is 6.92 Å². The van der Waals surface area contributed by atoms with E-state index in [1.54, 1.807) is 13.8 Å². The summed E-state index contributed by atoms with van der Waals surface area (Å²) in [4.78, 5) is 22.3. The number of hydrogen-bond acceptors (Lipinski definition) is 6. The first-order valence-corrected chi connectivity index (χ1v) is 9.45. The van der Waals surface area contributed by atoms with Crippen LogP contribution in [0.2, 0.25) is 0 Å². The smallest absolute Gasteiger partial charge is 0.324 e. The first kappa shape index (κ1) is 21.0.